The van der Waals surface area contributed by atoms with Gasteiger partial charge in [-0.1, -0.05) is 0 Å². The Morgan fingerprint density at radius 1 is 1.26 bits per heavy atom. The van der Waals surface area contributed by atoms with Crippen LogP contribution >= 0.6 is 0 Å². The molecule has 2 unspecified atom stereocenters. The summed E-state index contributed by atoms with van der Waals surface area (Å²) in [6.07, 6.45) is 0. The van der Waals surface area contributed by atoms with Gasteiger partial charge in [0.1, 0.15) is 18.2 Å². The number of carbonyl (C=O) groups is 1. The molecule has 1 fully saturated rings. The van der Waals surface area contributed by atoms with E-state index in [4.69, 9.17) is 5.11 Å². The van der Waals surface area contributed by atoms with Crippen LogP contribution in [-0.4, -0.2) is 52.7 Å². The lowest BCUT2D eigenvalue weighted by Gasteiger charge is -2.45. The zero-order valence-electron chi connectivity index (χ0n) is 13.2. The predicted octanol–water partition coefficient (Wildman–Crippen LogP) is 1.79. The van der Waals surface area contributed by atoms with Crippen LogP contribution < -0.4 is 4.90 Å². The van der Waals surface area contributed by atoms with Crippen LogP contribution in [0.5, 0.6) is 0 Å². The molecular weight excluding hydrogens is 297 g/mol. The molecule has 0 bridgehead atoms. The molecule has 23 heavy (non-hydrogen) atoms. The van der Waals surface area contributed by atoms with Crippen molar-refractivity contribution in [3.8, 4) is 0 Å². The topological polar surface area (TPSA) is 56.7 Å². The van der Waals surface area contributed by atoms with Crippen molar-refractivity contribution in [1.29, 1.82) is 0 Å². The monoisotopic (exact) mass is 317 g/mol. The predicted molar refractivity (Wildman–Crippen MR) is 86.8 cm³/mol. The highest BCUT2D eigenvalue weighted by Gasteiger charge is 2.32. The van der Waals surface area contributed by atoms with Crippen molar-refractivity contribution < 1.29 is 14.3 Å². The number of pyridine rings is 1. The van der Waals surface area contributed by atoms with Gasteiger partial charge in [-0.25, -0.2) is 9.37 Å². The summed E-state index contributed by atoms with van der Waals surface area (Å²) in [5.74, 6) is 0.301. The van der Waals surface area contributed by atoms with Crippen LogP contribution in [0, 0.1) is 5.82 Å². The summed E-state index contributed by atoms with van der Waals surface area (Å²) in [6, 6.07) is 8.47. The lowest BCUT2D eigenvalue weighted by Crippen LogP contribution is -2.59. The van der Waals surface area contributed by atoms with Crippen molar-refractivity contribution >= 4 is 22.6 Å². The molecule has 3 rings (SSSR count). The zero-order valence-corrected chi connectivity index (χ0v) is 13.2. The Labute approximate surface area is 134 Å². The number of nitrogens with zero attached hydrogens (tertiary/aromatic N) is 3. The van der Waals surface area contributed by atoms with Crippen molar-refractivity contribution in [2.45, 2.75) is 25.9 Å². The molecule has 0 radical (unpaired) electrons. The molecule has 0 spiro atoms. The van der Waals surface area contributed by atoms with E-state index in [1.807, 2.05) is 26.0 Å². The van der Waals surface area contributed by atoms with Crippen LogP contribution in [0.1, 0.15) is 13.8 Å². The van der Waals surface area contributed by atoms with E-state index in [0.717, 1.165) is 16.7 Å². The fourth-order valence-electron chi connectivity index (χ4n) is 3.31. The van der Waals surface area contributed by atoms with Crippen molar-refractivity contribution in [2.24, 2.45) is 0 Å². The minimum atomic E-state index is -0.459. The number of rotatable bonds is 2. The fraction of sp³-hybridized carbons (Fsp3) is 0.412. The number of hydrogen-bond acceptors (Lipinski definition) is 4. The van der Waals surface area contributed by atoms with E-state index < -0.39 is 6.61 Å². The van der Waals surface area contributed by atoms with Crippen LogP contribution in [0.25, 0.3) is 10.9 Å². The molecule has 122 valence electrons. The third-order valence-electron chi connectivity index (χ3n) is 4.31. The lowest BCUT2D eigenvalue weighted by atomic mass is 10.1. The Kier molecular flexibility index (Phi) is 4.17. The zero-order chi connectivity index (χ0) is 16.6. The van der Waals surface area contributed by atoms with E-state index in [1.54, 1.807) is 11.0 Å². The highest BCUT2D eigenvalue weighted by Crippen LogP contribution is 2.25. The van der Waals surface area contributed by atoms with Gasteiger partial charge in [-0.05, 0) is 44.2 Å². The Bertz CT molecular complexity index is 725. The molecule has 1 saturated heterocycles. The van der Waals surface area contributed by atoms with E-state index in [9.17, 15) is 9.18 Å². The third kappa shape index (κ3) is 2.99. The molecule has 1 N–H and O–H groups in total. The molecule has 0 aliphatic carbocycles. The maximum Gasteiger partial charge on any atom is 0.248 e. The summed E-state index contributed by atoms with van der Waals surface area (Å²) < 4.78 is 13.3. The van der Waals surface area contributed by atoms with Crippen LogP contribution in [0.15, 0.2) is 30.3 Å². The average Bonchev–Trinajstić information content (AvgIpc) is 2.53. The standard InChI is InChI=1S/C17H20FN3O2/c1-11-8-20(17(23)10-22)9-12(2)21(11)16-6-3-13-7-14(18)4-5-15(13)19-16/h3-7,11-12,22H,8-10H2,1-2H3. The van der Waals surface area contributed by atoms with Gasteiger partial charge in [0.05, 0.1) is 5.52 Å². The Morgan fingerprint density at radius 2 is 1.96 bits per heavy atom. The quantitative estimate of drug-likeness (QED) is 0.917. The van der Waals surface area contributed by atoms with Gasteiger partial charge in [0, 0.05) is 30.6 Å². The maximum atomic E-state index is 13.3. The second-order valence-corrected chi connectivity index (χ2v) is 6.07. The van der Waals surface area contributed by atoms with Gasteiger partial charge in [0.2, 0.25) is 5.91 Å². The molecule has 2 heterocycles. The van der Waals surface area contributed by atoms with Crippen LogP contribution in [0.4, 0.5) is 10.2 Å². The first-order valence-corrected chi connectivity index (χ1v) is 7.73. The Morgan fingerprint density at radius 3 is 2.61 bits per heavy atom. The molecule has 6 heteroatoms. The number of piperazine rings is 1. The SMILES string of the molecule is CC1CN(C(=O)CO)CC(C)N1c1ccc2cc(F)ccc2n1. The molecule has 1 aliphatic rings. The maximum absolute atomic E-state index is 13.3. The largest absolute Gasteiger partial charge is 0.387 e. The molecule has 2 aromatic rings. The van der Waals surface area contributed by atoms with E-state index in [1.165, 1.54) is 12.1 Å². The molecule has 1 aromatic carbocycles. The van der Waals surface area contributed by atoms with Gasteiger partial charge >= 0.3 is 0 Å². The number of amides is 1. The molecule has 1 aromatic heterocycles. The summed E-state index contributed by atoms with van der Waals surface area (Å²) in [5.41, 5.74) is 0.747. The highest BCUT2D eigenvalue weighted by molar-refractivity contribution is 5.81. The second kappa shape index (κ2) is 6.12. The third-order valence-corrected chi connectivity index (χ3v) is 4.31. The summed E-state index contributed by atoms with van der Waals surface area (Å²) in [6.45, 7) is 4.70. The van der Waals surface area contributed by atoms with Crippen LogP contribution in [-0.2, 0) is 4.79 Å². The Balaban J connectivity index is 1.89. The first kappa shape index (κ1) is 15.7. The minimum Gasteiger partial charge on any atom is -0.387 e. The molecule has 0 saturated carbocycles. The van der Waals surface area contributed by atoms with Crippen molar-refractivity contribution in [3.05, 3.63) is 36.1 Å². The van der Waals surface area contributed by atoms with Crippen molar-refractivity contribution in [1.82, 2.24) is 9.88 Å². The number of carbonyl (C=O) groups excluding carboxylic acids is 1. The molecular formula is C17H20FN3O2. The first-order valence-electron chi connectivity index (χ1n) is 7.73. The number of halogens is 1. The molecule has 2 atom stereocenters. The van der Waals surface area contributed by atoms with Crippen LogP contribution in [0.3, 0.4) is 0 Å². The normalized spacial score (nSPS) is 21.7. The van der Waals surface area contributed by atoms with Crippen molar-refractivity contribution in [2.75, 3.05) is 24.6 Å². The molecule has 5 nitrogen and oxygen atoms in total. The van der Waals surface area contributed by atoms with E-state index >= 15 is 0 Å². The van der Waals surface area contributed by atoms with Gasteiger partial charge in [-0.3, -0.25) is 4.79 Å². The number of aromatic nitrogens is 1. The summed E-state index contributed by atoms with van der Waals surface area (Å²) in [4.78, 5) is 20.2. The molecule has 1 aliphatic heterocycles. The number of aliphatic hydroxyl groups is 1. The average molecular weight is 317 g/mol. The number of fused-ring (bicyclic) bond motifs is 1. The minimum absolute atomic E-state index is 0.0830. The number of benzene rings is 1. The number of anilines is 1. The van der Waals surface area contributed by atoms with E-state index in [0.29, 0.717) is 13.1 Å². The van der Waals surface area contributed by atoms with Gasteiger partial charge in [0.25, 0.3) is 0 Å². The van der Waals surface area contributed by atoms with Crippen molar-refractivity contribution in [3.63, 3.8) is 0 Å². The fourth-order valence-corrected chi connectivity index (χ4v) is 3.31. The number of aliphatic hydroxyl groups excluding tert-OH is 1. The summed E-state index contributed by atoms with van der Waals surface area (Å²) >= 11 is 0. The van der Waals surface area contributed by atoms with Gasteiger partial charge in [-0.2, -0.15) is 0 Å². The molecule has 1 amide bonds. The van der Waals surface area contributed by atoms with Gasteiger partial charge in [0.15, 0.2) is 0 Å². The number of hydrogen-bond donors (Lipinski definition) is 1. The van der Waals surface area contributed by atoms with E-state index in [-0.39, 0.29) is 23.8 Å². The smallest absolute Gasteiger partial charge is 0.248 e. The van der Waals surface area contributed by atoms with Gasteiger partial charge < -0.3 is 14.9 Å². The first-order chi connectivity index (χ1) is 11.0. The van der Waals surface area contributed by atoms with E-state index in [2.05, 4.69) is 9.88 Å². The second-order valence-electron chi connectivity index (χ2n) is 6.07. The highest BCUT2D eigenvalue weighted by atomic mass is 19.1. The Hall–Kier alpha value is -2.21. The summed E-state index contributed by atoms with van der Waals surface area (Å²) in [7, 11) is 0. The summed E-state index contributed by atoms with van der Waals surface area (Å²) in [5, 5.41) is 9.80. The lowest BCUT2D eigenvalue weighted by molar-refractivity contribution is -0.135. The van der Waals surface area contributed by atoms with Crippen LogP contribution in [0.2, 0.25) is 0 Å². The van der Waals surface area contributed by atoms with Gasteiger partial charge in [-0.15, -0.1) is 0 Å².